The molecule has 0 aliphatic carbocycles. The van der Waals surface area contributed by atoms with Gasteiger partial charge in [-0.1, -0.05) is 6.07 Å². The Balaban J connectivity index is 2.20. The van der Waals surface area contributed by atoms with E-state index in [0.717, 1.165) is 13.1 Å². The van der Waals surface area contributed by atoms with E-state index >= 15 is 0 Å². The van der Waals surface area contributed by atoms with Crippen LogP contribution in [0.15, 0.2) is 18.2 Å². The molecule has 0 fully saturated rings. The molecule has 1 heterocycles. The fourth-order valence-electron chi connectivity index (χ4n) is 1.95. The van der Waals surface area contributed by atoms with Crippen LogP contribution in [0.4, 0.5) is 0 Å². The van der Waals surface area contributed by atoms with Crippen LogP contribution in [-0.2, 0) is 13.1 Å². The van der Waals surface area contributed by atoms with Gasteiger partial charge >= 0.3 is 0 Å². The molecule has 1 amide bonds. The summed E-state index contributed by atoms with van der Waals surface area (Å²) in [5.41, 5.74) is 3.15. The summed E-state index contributed by atoms with van der Waals surface area (Å²) in [7, 11) is 1.72. The molecule has 0 aromatic heterocycles. The van der Waals surface area contributed by atoms with Crippen molar-refractivity contribution in [3.63, 3.8) is 0 Å². The molecule has 2 rings (SSSR count). The van der Waals surface area contributed by atoms with Crippen molar-refractivity contribution in [3.05, 3.63) is 34.9 Å². The maximum absolute atomic E-state index is 12.1. The molecule has 1 aromatic carbocycles. The number of fused-ring (bicyclic) bond motifs is 1. The minimum atomic E-state index is -0.158. The lowest BCUT2D eigenvalue weighted by Crippen LogP contribution is -2.37. The first-order valence-electron chi connectivity index (χ1n) is 5.84. The molecule has 0 spiro atoms. The van der Waals surface area contributed by atoms with Crippen molar-refractivity contribution in [2.45, 2.75) is 26.1 Å². The van der Waals surface area contributed by atoms with Gasteiger partial charge in [-0.15, -0.1) is 0 Å². The van der Waals surface area contributed by atoms with Gasteiger partial charge < -0.3 is 15.3 Å². The summed E-state index contributed by atoms with van der Waals surface area (Å²) < 4.78 is 0. The molecule has 0 bridgehead atoms. The van der Waals surface area contributed by atoms with E-state index in [1.807, 2.05) is 25.1 Å². The number of carbonyl (C=O) groups excluding carboxylic acids is 1. The second-order valence-electron chi connectivity index (χ2n) is 4.53. The summed E-state index contributed by atoms with van der Waals surface area (Å²) in [5.74, 6) is -0.0405. The van der Waals surface area contributed by atoms with Gasteiger partial charge in [-0.3, -0.25) is 4.79 Å². The number of benzene rings is 1. The molecule has 1 aliphatic rings. The van der Waals surface area contributed by atoms with Crippen LogP contribution in [0.2, 0.25) is 0 Å². The summed E-state index contributed by atoms with van der Waals surface area (Å²) in [4.78, 5) is 13.7. The Labute approximate surface area is 101 Å². The molecule has 4 nitrogen and oxygen atoms in total. The molecular formula is C13H18N2O2. The number of aliphatic hydroxyl groups excluding tert-OH is 1. The minimum absolute atomic E-state index is 0.0191. The zero-order valence-electron chi connectivity index (χ0n) is 10.2. The number of carbonyl (C=O) groups is 1. The van der Waals surface area contributed by atoms with Gasteiger partial charge in [0.1, 0.15) is 0 Å². The van der Waals surface area contributed by atoms with E-state index in [1.54, 1.807) is 11.9 Å². The highest BCUT2D eigenvalue weighted by molar-refractivity contribution is 5.94. The fourth-order valence-corrected chi connectivity index (χ4v) is 1.95. The zero-order chi connectivity index (χ0) is 12.4. The van der Waals surface area contributed by atoms with Crippen molar-refractivity contribution in [2.24, 2.45) is 0 Å². The monoisotopic (exact) mass is 234 g/mol. The van der Waals surface area contributed by atoms with Crippen LogP contribution in [-0.4, -0.2) is 35.6 Å². The normalized spacial score (nSPS) is 15.5. The largest absolute Gasteiger partial charge is 0.394 e. The van der Waals surface area contributed by atoms with Crippen LogP contribution in [0.3, 0.4) is 0 Å². The first kappa shape index (κ1) is 12.1. The molecule has 1 aliphatic heterocycles. The Morgan fingerprint density at radius 2 is 2.18 bits per heavy atom. The number of rotatable bonds is 3. The lowest BCUT2D eigenvalue weighted by Gasteiger charge is -2.23. The maximum Gasteiger partial charge on any atom is 0.253 e. The van der Waals surface area contributed by atoms with Crippen molar-refractivity contribution < 1.29 is 9.90 Å². The van der Waals surface area contributed by atoms with Crippen molar-refractivity contribution in [1.29, 1.82) is 0 Å². The van der Waals surface area contributed by atoms with Gasteiger partial charge in [0.2, 0.25) is 0 Å². The SMILES string of the molecule is CC(CO)N(C)C(=O)c1ccc2c(c1)CNC2. The van der Waals surface area contributed by atoms with Crippen molar-refractivity contribution >= 4 is 5.91 Å². The minimum Gasteiger partial charge on any atom is -0.394 e. The molecule has 1 unspecified atom stereocenters. The number of hydrogen-bond donors (Lipinski definition) is 2. The lowest BCUT2D eigenvalue weighted by atomic mass is 10.1. The number of amides is 1. The molecule has 1 atom stereocenters. The van der Waals surface area contributed by atoms with Gasteiger partial charge in [0.05, 0.1) is 12.6 Å². The van der Waals surface area contributed by atoms with Crippen molar-refractivity contribution in [2.75, 3.05) is 13.7 Å². The van der Waals surface area contributed by atoms with Crippen LogP contribution in [0.25, 0.3) is 0 Å². The molecule has 0 saturated carbocycles. The summed E-state index contributed by atoms with van der Waals surface area (Å²) in [6.07, 6.45) is 0. The summed E-state index contributed by atoms with van der Waals surface area (Å²) in [6.45, 7) is 3.52. The Hall–Kier alpha value is -1.39. The van der Waals surface area contributed by atoms with E-state index in [0.29, 0.717) is 5.56 Å². The summed E-state index contributed by atoms with van der Waals surface area (Å²) >= 11 is 0. The second kappa shape index (κ2) is 4.85. The molecule has 92 valence electrons. The van der Waals surface area contributed by atoms with E-state index < -0.39 is 0 Å². The van der Waals surface area contributed by atoms with Crippen LogP contribution < -0.4 is 5.32 Å². The average Bonchev–Trinajstić information content (AvgIpc) is 2.83. The maximum atomic E-state index is 12.1. The summed E-state index contributed by atoms with van der Waals surface area (Å²) in [6, 6.07) is 5.64. The van der Waals surface area contributed by atoms with Gasteiger partial charge in [-0.25, -0.2) is 0 Å². The lowest BCUT2D eigenvalue weighted by molar-refractivity contribution is 0.0682. The van der Waals surface area contributed by atoms with Crippen molar-refractivity contribution in [3.8, 4) is 0 Å². The molecule has 1 aromatic rings. The van der Waals surface area contributed by atoms with E-state index in [2.05, 4.69) is 5.32 Å². The van der Waals surface area contributed by atoms with Gasteiger partial charge in [-0.05, 0) is 30.2 Å². The van der Waals surface area contributed by atoms with Gasteiger partial charge in [0.15, 0.2) is 0 Å². The van der Waals surface area contributed by atoms with Gasteiger partial charge in [0.25, 0.3) is 5.91 Å². The number of aliphatic hydroxyl groups is 1. The Bertz CT molecular complexity index is 431. The molecule has 0 saturated heterocycles. The van der Waals surface area contributed by atoms with E-state index in [-0.39, 0.29) is 18.6 Å². The fraction of sp³-hybridized carbons (Fsp3) is 0.462. The van der Waals surface area contributed by atoms with Crippen LogP contribution in [0.5, 0.6) is 0 Å². The third-order valence-corrected chi connectivity index (χ3v) is 3.33. The highest BCUT2D eigenvalue weighted by atomic mass is 16.3. The third kappa shape index (κ3) is 2.33. The second-order valence-corrected chi connectivity index (χ2v) is 4.53. The van der Waals surface area contributed by atoms with Gasteiger partial charge in [0, 0.05) is 25.7 Å². The topological polar surface area (TPSA) is 52.6 Å². The molecule has 17 heavy (non-hydrogen) atoms. The first-order valence-corrected chi connectivity index (χ1v) is 5.84. The first-order chi connectivity index (χ1) is 8.13. The van der Waals surface area contributed by atoms with E-state index in [9.17, 15) is 4.79 Å². The average molecular weight is 234 g/mol. The Kier molecular flexibility index (Phi) is 3.45. The predicted octanol–water partition coefficient (Wildman–Crippen LogP) is 0.743. The zero-order valence-corrected chi connectivity index (χ0v) is 10.2. The Morgan fingerprint density at radius 3 is 2.88 bits per heavy atom. The number of nitrogens with zero attached hydrogens (tertiary/aromatic N) is 1. The quantitative estimate of drug-likeness (QED) is 0.811. The van der Waals surface area contributed by atoms with Crippen LogP contribution in [0.1, 0.15) is 28.4 Å². The molecular weight excluding hydrogens is 216 g/mol. The van der Waals surface area contributed by atoms with E-state index in [1.165, 1.54) is 11.1 Å². The van der Waals surface area contributed by atoms with Crippen LogP contribution in [0, 0.1) is 0 Å². The summed E-state index contributed by atoms with van der Waals surface area (Å²) in [5, 5.41) is 12.3. The standard InChI is InChI=1S/C13H18N2O2/c1-9(8-16)15(2)13(17)10-3-4-11-6-14-7-12(11)5-10/h3-5,9,14,16H,6-8H2,1-2H3. The van der Waals surface area contributed by atoms with E-state index in [4.69, 9.17) is 5.11 Å². The van der Waals surface area contributed by atoms with Crippen LogP contribution >= 0.6 is 0 Å². The predicted molar refractivity (Wildman–Crippen MR) is 65.6 cm³/mol. The van der Waals surface area contributed by atoms with Gasteiger partial charge in [-0.2, -0.15) is 0 Å². The highest BCUT2D eigenvalue weighted by Gasteiger charge is 2.19. The molecule has 0 radical (unpaired) electrons. The van der Waals surface area contributed by atoms with Crippen molar-refractivity contribution in [1.82, 2.24) is 10.2 Å². The Morgan fingerprint density at radius 1 is 1.47 bits per heavy atom. The number of likely N-dealkylation sites (N-methyl/N-ethyl adjacent to an activating group) is 1. The smallest absolute Gasteiger partial charge is 0.253 e. The number of hydrogen-bond acceptors (Lipinski definition) is 3. The molecule has 4 heteroatoms. The third-order valence-electron chi connectivity index (χ3n) is 3.33. The number of nitrogens with one attached hydrogen (secondary N) is 1. The highest BCUT2D eigenvalue weighted by Crippen LogP contribution is 2.18. The molecule has 2 N–H and O–H groups in total.